The van der Waals surface area contributed by atoms with E-state index in [2.05, 4.69) is 5.32 Å². The van der Waals surface area contributed by atoms with Gasteiger partial charge < -0.3 is 14.8 Å². The Hall–Kier alpha value is -2.70. The van der Waals surface area contributed by atoms with Crippen LogP contribution in [0.25, 0.3) is 0 Å². The molecule has 0 fully saturated rings. The molecule has 1 amide bonds. The first-order chi connectivity index (χ1) is 12.4. The molecule has 0 saturated heterocycles. The molecule has 1 unspecified atom stereocenters. The van der Waals surface area contributed by atoms with Crippen molar-refractivity contribution in [3.63, 3.8) is 0 Å². The first-order valence-corrected chi connectivity index (χ1v) is 8.19. The van der Waals surface area contributed by atoms with Crippen LogP contribution < -0.4 is 14.8 Å². The van der Waals surface area contributed by atoms with Gasteiger partial charge in [-0.25, -0.2) is 13.2 Å². The topological polar surface area (TPSA) is 47.6 Å². The Morgan fingerprint density at radius 1 is 1.08 bits per heavy atom. The third-order valence-electron chi connectivity index (χ3n) is 3.40. The summed E-state index contributed by atoms with van der Waals surface area (Å²) in [5.74, 6) is -1.73. The van der Waals surface area contributed by atoms with Crippen molar-refractivity contribution in [1.29, 1.82) is 0 Å². The van der Waals surface area contributed by atoms with Crippen LogP contribution in [0.5, 0.6) is 11.5 Å². The highest BCUT2D eigenvalue weighted by molar-refractivity contribution is 5.76. The molecule has 0 aliphatic heterocycles. The number of nitrogens with one attached hydrogen (secondary N) is 1. The second-order valence-electron chi connectivity index (χ2n) is 5.76. The molecule has 2 aromatic carbocycles. The van der Waals surface area contributed by atoms with Crippen LogP contribution in [-0.4, -0.2) is 25.2 Å². The Kier molecular flexibility index (Phi) is 7.32. The van der Waals surface area contributed by atoms with E-state index in [1.807, 2.05) is 0 Å². The molecule has 2 aromatic rings. The van der Waals surface area contributed by atoms with Gasteiger partial charge in [-0.05, 0) is 37.6 Å². The molecule has 26 heavy (non-hydrogen) atoms. The maximum absolute atomic E-state index is 13.4. The first kappa shape index (κ1) is 19.6. The molecule has 4 nitrogen and oxygen atoms in total. The lowest BCUT2D eigenvalue weighted by molar-refractivity contribution is -0.122. The number of carbonyl (C=O) groups excluding carboxylic acids is 1. The van der Waals surface area contributed by atoms with Crippen molar-refractivity contribution >= 4 is 5.91 Å². The maximum Gasteiger partial charge on any atom is 0.220 e. The molecule has 1 atom stereocenters. The van der Waals surface area contributed by atoms with Gasteiger partial charge in [0.25, 0.3) is 0 Å². The van der Waals surface area contributed by atoms with E-state index in [1.54, 1.807) is 19.1 Å². The van der Waals surface area contributed by atoms with Crippen LogP contribution in [0.4, 0.5) is 13.2 Å². The van der Waals surface area contributed by atoms with E-state index in [-0.39, 0.29) is 43.2 Å². The monoisotopic (exact) mass is 367 g/mol. The summed E-state index contributed by atoms with van der Waals surface area (Å²) < 4.78 is 49.8. The van der Waals surface area contributed by atoms with Gasteiger partial charge in [0.05, 0.1) is 12.6 Å². The number of rotatable bonds is 9. The molecular weight excluding hydrogens is 347 g/mol. The van der Waals surface area contributed by atoms with Crippen LogP contribution in [0.15, 0.2) is 42.5 Å². The number of amides is 1. The first-order valence-electron chi connectivity index (χ1n) is 8.19. The van der Waals surface area contributed by atoms with E-state index >= 15 is 0 Å². The van der Waals surface area contributed by atoms with E-state index in [9.17, 15) is 18.0 Å². The number of benzene rings is 2. The number of ether oxygens (including phenoxy) is 2. The van der Waals surface area contributed by atoms with Crippen molar-refractivity contribution in [2.45, 2.75) is 25.8 Å². The normalized spacial score (nSPS) is 11.7. The van der Waals surface area contributed by atoms with E-state index in [0.717, 1.165) is 12.1 Å². The molecule has 7 heteroatoms. The van der Waals surface area contributed by atoms with Gasteiger partial charge in [-0.1, -0.05) is 6.07 Å². The Morgan fingerprint density at radius 2 is 1.85 bits per heavy atom. The zero-order chi connectivity index (χ0) is 18.9. The lowest BCUT2D eigenvalue weighted by Crippen LogP contribution is -2.36. The van der Waals surface area contributed by atoms with Crippen LogP contribution in [0.2, 0.25) is 0 Å². The predicted octanol–water partition coefficient (Wildman–Crippen LogP) is 3.85. The minimum Gasteiger partial charge on any atom is -0.493 e. The van der Waals surface area contributed by atoms with E-state index in [0.29, 0.717) is 12.2 Å². The van der Waals surface area contributed by atoms with Crippen molar-refractivity contribution in [1.82, 2.24) is 5.32 Å². The van der Waals surface area contributed by atoms with Gasteiger partial charge >= 0.3 is 0 Å². The molecule has 0 aliphatic carbocycles. The molecule has 0 aliphatic rings. The molecule has 0 saturated carbocycles. The van der Waals surface area contributed by atoms with Gasteiger partial charge in [0.1, 0.15) is 24.0 Å². The zero-order valence-electron chi connectivity index (χ0n) is 14.3. The summed E-state index contributed by atoms with van der Waals surface area (Å²) in [6.07, 6.45) is 0.688. The molecule has 1 N–H and O–H groups in total. The molecule has 0 spiro atoms. The molecular formula is C19H20F3NO3. The average molecular weight is 367 g/mol. The smallest absolute Gasteiger partial charge is 0.220 e. The Morgan fingerprint density at radius 3 is 2.58 bits per heavy atom. The molecule has 0 radical (unpaired) electrons. The van der Waals surface area contributed by atoms with E-state index in [1.165, 1.54) is 18.2 Å². The van der Waals surface area contributed by atoms with Crippen LogP contribution in [-0.2, 0) is 4.79 Å². The van der Waals surface area contributed by atoms with Crippen molar-refractivity contribution in [3.05, 3.63) is 59.9 Å². The summed E-state index contributed by atoms with van der Waals surface area (Å²) in [5.41, 5.74) is 0. The highest BCUT2D eigenvalue weighted by atomic mass is 19.1. The van der Waals surface area contributed by atoms with Crippen molar-refractivity contribution in [3.8, 4) is 11.5 Å². The van der Waals surface area contributed by atoms with E-state index in [4.69, 9.17) is 9.47 Å². The quantitative estimate of drug-likeness (QED) is 0.685. The van der Waals surface area contributed by atoms with Gasteiger partial charge in [-0.3, -0.25) is 4.79 Å². The fraction of sp³-hybridized carbons (Fsp3) is 0.316. The number of hydrogen-bond acceptors (Lipinski definition) is 3. The van der Waals surface area contributed by atoms with Crippen LogP contribution in [0.3, 0.4) is 0 Å². The van der Waals surface area contributed by atoms with Gasteiger partial charge in [0.2, 0.25) is 5.91 Å². The molecule has 0 bridgehead atoms. The van der Waals surface area contributed by atoms with Crippen LogP contribution >= 0.6 is 0 Å². The molecule has 140 valence electrons. The summed E-state index contributed by atoms with van der Waals surface area (Å²) >= 11 is 0. The lowest BCUT2D eigenvalue weighted by atomic mass is 10.2. The lowest BCUT2D eigenvalue weighted by Gasteiger charge is -2.15. The highest BCUT2D eigenvalue weighted by Gasteiger charge is 2.10. The second-order valence-corrected chi connectivity index (χ2v) is 5.76. The minimum absolute atomic E-state index is 0.0497. The summed E-state index contributed by atoms with van der Waals surface area (Å²) in [5, 5.41) is 2.71. The number of halogens is 3. The fourth-order valence-electron chi connectivity index (χ4n) is 2.18. The third kappa shape index (κ3) is 6.66. The standard InChI is InChI=1S/C19H20F3NO3/c1-13(12-26-18-8-7-15(21)11-17(18)22)23-19(24)6-3-9-25-16-5-2-4-14(20)10-16/h2,4-5,7-8,10-11,13H,3,6,9,12H2,1H3,(H,23,24). The predicted molar refractivity (Wildman–Crippen MR) is 90.6 cm³/mol. The van der Waals surface area contributed by atoms with Crippen LogP contribution in [0.1, 0.15) is 19.8 Å². The SMILES string of the molecule is CC(COc1ccc(F)cc1F)NC(=O)CCCOc1cccc(F)c1. The third-order valence-corrected chi connectivity index (χ3v) is 3.40. The average Bonchev–Trinajstić information content (AvgIpc) is 2.58. The van der Waals surface area contributed by atoms with Gasteiger partial charge in [-0.15, -0.1) is 0 Å². The Bertz CT molecular complexity index is 740. The number of hydrogen-bond donors (Lipinski definition) is 1. The zero-order valence-corrected chi connectivity index (χ0v) is 14.3. The number of carbonyl (C=O) groups is 1. The van der Waals surface area contributed by atoms with Crippen molar-refractivity contribution < 1.29 is 27.4 Å². The minimum atomic E-state index is -0.793. The highest BCUT2D eigenvalue weighted by Crippen LogP contribution is 2.17. The van der Waals surface area contributed by atoms with Crippen molar-refractivity contribution in [2.24, 2.45) is 0 Å². The van der Waals surface area contributed by atoms with Gasteiger partial charge in [0.15, 0.2) is 11.6 Å². The largest absolute Gasteiger partial charge is 0.493 e. The van der Waals surface area contributed by atoms with Gasteiger partial charge in [0, 0.05) is 18.6 Å². The fourth-order valence-corrected chi connectivity index (χ4v) is 2.18. The van der Waals surface area contributed by atoms with E-state index < -0.39 is 11.6 Å². The summed E-state index contributed by atoms with van der Waals surface area (Å²) in [6.45, 7) is 2.04. The van der Waals surface area contributed by atoms with Gasteiger partial charge in [-0.2, -0.15) is 0 Å². The second kappa shape index (κ2) is 9.70. The molecule has 0 heterocycles. The summed E-state index contributed by atoms with van der Waals surface area (Å²) in [7, 11) is 0. The Balaban J connectivity index is 1.64. The summed E-state index contributed by atoms with van der Waals surface area (Å²) in [6, 6.07) is 8.45. The van der Waals surface area contributed by atoms with Crippen LogP contribution in [0, 0.1) is 17.5 Å². The maximum atomic E-state index is 13.4. The molecule has 2 rings (SSSR count). The Labute approximate surface area is 149 Å². The summed E-state index contributed by atoms with van der Waals surface area (Å²) in [4.78, 5) is 11.8. The molecule has 0 aromatic heterocycles. The van der Waals surface area contributed by atoms with Crippen molar-refractivity contribution in [2.75, 3.05) is 13.2 Å².